The zero-order valence-corrected chi connectivity index (χ0v) is 17.5. The third kappa shape index (κ3) is 4.56. The molecular formula is C23H22N2O7. The van der Waals surface area contributed by atoms with Gasteiger partial charge in [-0.1, -0.05) is 11.6 Å². The number of ether oxygens (including phenoxy) is 3. The van der Waals surface area contributed by atoms with E-state index >= 15 is 0 Å². The van der Waals surface area contributed by atoms with E-state index in [1.54, 1.807) is 36.4 Å². The molecule has 0 bridgehead atoms. The molecule has 9 heteroatoms. The number of hydrogen-bond donors (Lipinski definition) is 1. The highest BCUT2D eigenvalue weighted by atomic mass is 16.6. The van der Waals surface area contributed by atoms with Gasteiger partial charge in [0.2, 0.25) is 0 Å². The average molecular weight is 438 g/mol. The number of nitrogens with one attached hydrogen (secondary N) is 1. The standard InChI is InChI=1S/C23H22N2O7/c1-14-4-6-16-17(11-14)23(29)25(22(16)28)8-2-3-21(27)32-13-20(26)24-15-5-7-18-19(12-15)31-10-9-30-18/h4-7,11-12H,2-3,8-10,13H2,1H3,(H,24,26). The number of esters is 1. The molecule has 2 aliphatic rings. The zero-order chi connectivity index (χ0) is 22.7. The van der Waals surface area contributed by atoms with Crippen molar-refractivity contribution < 1.29 is 33.4 Å². The molecule has 0 saturated heterocycles. The van der Waals surface area contributed by atoms with Gasteiger partial charge in [0.25, 0.3) is 17.7 Å². The van der Waals surface area contributed by atoms with Crippen LogP contribution in [0.1, 0.15) is 39.1 Å². The van der Waals surface area contributed by atoms with Gasteiger partial charge in [-0.25, -0.2) is 0 Å². The van der Waals surface area contributed by atoms with E-state index in [0.717, 1.165) is 10.5 Å². The molecule has 0 atom stereocenters. The van der Waals surface area contributed by atoms with Crippen molar-refractivity contribution in [1.82, 2.24) is 4.90 Å². The van der Waals surface area contributed by atoms with Gasteiger partial charge in [0.05, 0.1) is 11.1 Å². The molecule has 1 N–H and O–H groups in total. The molecule has 4 rings (SSSR count). The fraction of sp³-hybridized carbons (Fsp3) is 0.304. The van der Waals surface area contributed by atoms with Crippen LogP contribution in [0.5, 0.6) is 11.5 Å². The summed E-state index contributed by atoms with van der Waals surface area (Å²) in [6.07, 6.45) is 0.219. The fourth-order valence-corrected chi connectivity index (χ4v) is 3.53. The quantitative estimate of drug-likeness (QED) is 0.522. The summed E-state index contributed by atoms with van der Waals surface area (Å²) in [5.41, 5.74) is 2.15. The Hall–Kier alpha value is -3.88. The molecule has 0 unspecified atom stereocenters. The predicted molar refractivity (Wildman–Crippen MR) is 113 cm³/mol. The molecule has 2 heterocycles. The van der Waals surface area contributed by atoms with Gasteiger partial charge in [0.15, 0.2) is 18.1 Å². The Kier molecular flexibility index (Phi) is 6.07. The largest absolute Gasteiger partial charge is 0.486 e. The van der Waals surface area contributed by atoms with Gasteiger partial charge in [-0.3, -0.25) is 24.1 Å². The van der Waals surface area contributed by atoms with E-state index in [0.29, 0.717) is 41.5 Å². The van der Waals surface area contributed by atoms with Crippen molar-refractivity contribution in [3.05, 3.63) is 53.1 Å². The van der Waals surface area contributed by atoms with Crippen LogP contribution in [0.25, 0.3) is 0 Å². The molecule has 166 valence electrons. The van der Waals surface area contributed by atoms with Crippen molar-refractivity contribution in [2.45, 2.75) is 19.8 Å². The van der Waals surface area contributed by atoms with E-state index in [1.165, 1.54) is 0 Å². The number of hydrogen-bond acceptors (Lipinski definition) is 7. The normalized spacial score (nSPS) is 14.2. The molecule has 32 heavy (non-hydrogen) atoms. The van der Waals surface area contributed by atoms with Gasteiger partial charge in [0, 0.05) is 24.7 Å². The number of aryl methyl sites for hydroxylation is 1. The number of imide groups is 1. The van der Waals surface area contributed by atoms with Crippen molar-refractivity contribution in [3.8, 4) is 11.5 Å². The molecule has 2 aliphatic heterocycles. The van der Waals surface area contributed by atoms with Gasteiger partial charge in [-0.15, -0.1) is 0 Å². The molecule has 0 spiro atoms. The molecule has 0 fully saturated rings. The lowest BCUT2D eigenvalue weighted by Gasteiger charge is -2.19. The van der Waals surface area contributed by atoms with Crippen LogP contribution in [0.15, 0.2) is 36.4 Å². The monoisotopic (exact) mass is 438 g/mol. The average Bonchev–Trinajstić information content (AvgIpc) is 3.01. The van der Waals surface area contributed by atoms with Crippen LogP contribution in [-0.4, -0.2) is 55.0 Å². The number of amides is 3. The van der Waals surface area contributed by atoms with Crippen molar-refractivity contribution >= 4 is 29.4 Å². The Labute approximate surface area is 184 Å². The number of nitrogens with zero attached hydrogens (tertiary/aromatic N) is 1. The van der Waals surface area contributed by atoms with Crippen LogP contribution in [-0.2, 0) is 14.3 Å². The third-order valence-electron chi connectivity index (χ3n) is 5.08. The topological polar surface area (TPSA) is 111 Å². The van der Waals surface area contributed by atoms with E-state index in [9.17, 15) is 19.2 Å². The summed E-state index contributed by atoms with van der Waals surface area (Å²) in [6, 6.07) is 10.1. The van der Waals surface area contributed by atoms with Crippen molar-refractivity contribution in [2.24, 2.45) is 0 Å². The second-order valence-electron chi connectivity index (χ2n) is 7.48. The summed E-state index contributed by atoms with van der Waals surface area (Å²) in [6.45, 7) is 2.41. The first-order chi connectivity index (χ1) is 15.4. The number of fused-ring (bicyclic) bond motifs is 2. The van der Waals surface area contributed by atoms with Gasteiger partial charge < -0.3 is 19.5 Å². The predicted octanol–water partition coefficient (Wildman–Crippen LogP) is 2.32. The summed E-state index contributed by atoms with van der Waals surface area (Å²) in [7, 11) is 0. The van der Waals surface area contributed by atoms with Crippen LogP contribution in [0.3, 0.4) is 0 Å². The Morgan fingerprint density at radius 1 is 1.00 bits per heavy atom. The van der Waals surface area contributed by atoms with E-state index < -0.39 is 18.5 Å². The molecule has 0 aromatic heterocycles. The molecule has 0 aliphatic carbocycles. The van der Waals surface area contributed by atoms with Gasteiger partial charge in [-0.05, 0) is 37.6 Å². The second-order valence-corrected chi connectivity index (χ2v) is 7.48. The minimum absolute atomic E-state index is 0.0241. The summed E-state index contributed by atoms with van der Waals surface area (Å²) in [4.78, 5) is 50.0. The molecule has 0 radical (unpaired) electrons. The number of carbonyl (C=O) groups excluding carboxylic acids is 4. The first kappa shape index (κ1) is 21.4. The Morgan fingerprint density at radius 3 is 2.56 bits per heavy atom. The lowest BCUT2D eigenvalue weighted by molar-refractivity contribution is -0.147. The summed E-state index contributed by atoms with van der Waals surface area (Å²) in [5.74, 6) is -0.665. The maximum Gasteiger partial charge on any atom is 0.306 e. The minimum atomic E-state index is -0.588. The first-order valence-electron chi connectivity index (χ1n) is 10.2. The van der Waals surface area contributed by atoms with Crippen LogP contribution in [0.4, 0.5) is 5.69 Å². The van der Waals surface area contributed by atoms with E-state index in [-0.39, 0.29) is 31.2 Å². The number of anilines is 1. The molecule has 9 nitrogen and oxygen atoms in total. The molecule has 2 aromatic carbocycles. The van der Waals surface area contributed by atoms with Gasteiger partial charge in [-0.2, -0.15) is 0 Å². The minimum Gasteiger partial charge on any atom is -0.486 e. The van der Waals surface area contributed by atoms with E-state index in [2.05, 4.69) is 5.32 Å². The molecule has 2 aromatic rings. The molecular weight excluding hydrogens is 416 g/mol. The van der Waals surface area contributed by atoms with Gasteiger partial charge in [0.1, 0.15) is 13.2 Å². The summed E-state index contributed by atoms with van der Waals surface area (Å²) >= 11 is 0. The molecule has 3 amide bonds. The summed E-state index contributed by atoms with van der Waals surface area (Å²) in [5, 5.41) is 2.63. The number of benzene rings is 2. The van der Waals surface area contributed by atoms with Gasteiger partial charge >= 0.3 is 5.97 Å². The Morgan fingerprint density at radius 2 is 1.75 bits per heavy atom. The van der Waals surface area contributed by atoms with Crippen molar-refractivity contribution in [3.63, 3.8) is 0 Å². The fourth-order valence-electron chi connectivity index (χ4n) is 3.53. The van der Waals surface area contributed by atoms with Crippen LogP contribution >= 0.6 is 0 Å². The SMILES string of the molecule is Cc1ccc2c(c1)C(=O)N(CCCC(=O)OCC(=O)Nc1ccc3c(c1)OCCO3)C2=O. The van der Waals surface area contributed by atoms with E-state index in [1.807, 2.05) is 6.92 Å². The lowest BCUT2D eigenvalue weighted by Crippen LogP contribution is -2.31. The summed E-state index contributed by atoms with van der Waals surface area (Å²) < 4.78 is 15.9. The van der Waals surface area contributed by atoms with Crippen LogP contribution in [0.2, 0.25) is 0 Å². The van der Waals surface area contributed by atoms with Crippen molar-refractivity contribution in [2.75, 3.05) is 31.7 Å². The first-order valence-corrected chi connectivity index (χ1v) is 10.2. The Bertz CT molecular complexity index is 1100. The van der Waals surface area contributed by atoms with Crippen LogP contribution < -0.4 is 14.8 Å². The zero-order valence-electron chi connectivity index (χ0n) is 17.5. The number of carbonyl (C=O) groups is 4. The molecule has 0 saturated carbocycles. The Balaban J connectivity index is 1.20. The second kappa shape index (κ2) is 9.09. The highest BCUT2D eigenvalue weighted by Crippen LogP contribution is 2.32. The van der Waals surface area contributed by atoms with Crippen LogP contribution in [0, 0.1) is 6.92 Å². The highest BCUT2D eigenvalue weighted by molar-refractivity contribution is 6.21. The maximum absolute atomic E-state index is 12.4. The maximum atomic E-state index is 12.4. The van der Waals surface area contributed by atoms with E-state index in [4.69, 9.17) is 14.2 Å². The smallest absolute Gasteiger partial charge is 0.306 e. The number of rotatable bonds is 7. The van der Waals surface area contributed by atoms with Crippen molar-refractivity contribution in [1.29, 1.82) is 0 Å². The highest BCUT2D eigenvalue weighted by Gasteiger charge is 2.35. The third-order valence-corrected chi connectivity index (χ3v) is 5.08. The lowest BCUT2D eigenvalue weighted by atomic mass is 10.1.